The molecular weight excluding hydrogens is 352 g/mol. The standard InChI is InChI=1S/C13H10N6O3S2/c1-21-7-2-3-8-9(4-7)24-11(15-8)16-10(20)5-23-13-18-19-6-14-17-12(19)22-13/h2-4,6H,5H2,1H3,(H,15,16,20). The summed E-state index contributed by atoms with van der Waals surface area (Å²) in [7, 11) is 1.61. The molecule has 4 rings (SSSR count). The number of carbonyl (C=O) groups excluding carboxylic acids is 1. The smallest absolute Gasteiger partial charge is 0.345 e. The summed E-state index contributed by atoms with van der Waals surface area (Å²) in [4.78, 5) is 16.4. The molecule has 1 amide bonds. The Morgan fingerprint density at radius 2 is 2.42 bits per heavy atom. The molecular formula is C13H10N6O3S2. The number of methoxy groups -OCH3 is 1. The number of benzene rings is 1. The van der Waals surface area contributed by atoms with E-state index in [9.17, 15) is 4.79 Å². The highest BCUT2D eigenvalue weighted by atomic mass is 32.2. The molecule has 3 heterocycles. The Morgan fingerprint density at radius 1 is 1.50 bits per heavy atom. The number of nitrogens with zero attached hydrogens (tertiary/aromatic N) is 5. The molecule has 0 atom stereocenters. The molecule has 11 heteroatoms. The van der Waals surface area contributed by atoms with Crippen LogP contribution in [0.5, 0.6) is 5.75 Å². The summed E-state index contributed by atoms with van der Waals surface area (Å²) < 4.78 is 12.8. The third kappa shape index (κ3) is 2.90. The molecule has 0 fully saturated rings. The van der Waals surface area contributed by atoms with Crippen molar-refractivity contribution in [2.75, 3.05) is 18.2 Å². The van der Waals surface area contributed by atoms with Crippen LogP contribution in [0.3, 0.4) is 0 Å². The van der Waals surface area contributed by atoms with Crippen LogP contribution < -0.4 is 10.1 Å². The number of ether oxygens (including phenoxy) is 1. The predicted octanol–water partition coefficient (Wildman–Crippen LogP) is 2.07. The fourth-order valence-corrected chi connectivity index (χ4v) is 3.48. The number of fused-ring (bicyclic) bond motifs is 2. The van der Waals surface area contributed by atoms with Gasteiger partial charge in [0.15, 0.2) is 5.13 Å². The van der Waals surface area contributed by atoms with Crippen LogP contribution in [-0.4, -0.2) is 43.6 Å². The van der Waals surface area contributed by atoms with E-state index in [1.807, 2.05) is 18.2 Å². The number of thiazole rings is 1. The van der Waals surface area contributed by atoms with Gasteiger partial charge in [-0.15, -0.1) is 10.2 Å². The van der Waals surface area contributed by atoms with Gasteiger partial charge in [-0.2, -0.15) is 4.52 Å². The van der Waals surface area contributed by atoms with E-state index in [0.29, 0.717) is 10.4 Å². The minimum Gasteiger partial charge on any atom is -0.497 e. The molecule has 9 nitrogen and oxygen atoms in total. The van der Waals surface area contributed by atoms with Crippen molar-refractivity contribution in [3.05, 3.63) is 24.5 Å². The summed E-state index contributed by atoms with van der Waals surface area (Å²) in [5, 5.41) is 15.1. The predicted molar refractivity (Wildman–Crippen MR) is 88.6 cm³/mol. The maximum absolute atomic E-state index is 12.0. The number of rotatable bonds is 5. The first-order valence-corrected chi connectivity index (χ1v) is 8.55. The first-order chi connectivity index (χ1) is 11.7. The minimum absolute atomic E-state index is 0.149. The fourth-order valence-electron chi connectivity index (χ4n) is 1.97. The molecule has 0 saturated carbocycles. The van der Waals surface area contributed by atoms with Crippen molar-refractivity contribution >= 4 is 50.2 Å². The van der Waals surface area contributed by atoms with Gasteiger partial charge in [0.1, 0.15) is 12.1 Å². The van der Waals surface area contributed by atoms with Crippen LogP contribution in [0, 0.1) is 0 Å². The molecule has 1 N–H and O–H groups in total. The van der Waals surface area contributed by atoms with Gasteiger partial charge < -0.3 is 14.5 Å². The zero-order valence-electron chi connectivity index (χ0n) is 12.3. The van der Waals surface area contributed by atoms with Crippen molar-refractivity contribution < 1.29 is 13.9 Å². The van der Waals surface area contributed by atoms with Gasteiger partial charge in [-0.1, -0.05) is 28.2 Å². The summed E-state index contributed by atoms with van der Waals surface area (Å²) in [6.07, 6.45) is 1.43. The van der Waals surface area contributed by atoms with Crippen LogP contribution in [0.2, 0.25) is 0 Å². The monoisotopic (exact) mass is 362 g/mol. The third-order valence-electron chi connectivity index (χ3n) is 3.04. The van der Waals surface area contributed by atoms with Gasteiger partial charge >= 0.3 is 5.84 Å². The van der Waals surface area contributed by atoms with E-state index < -0.39 is 0 Å². The number of carbonyl (C=O) groups is 1. The molecule has 0 aliphatic rings. The molecule has 0 saturated heterocycles. The summed E-state index contributed by atoms with van der Waals surface area (Å²) in [5.74, 6) is 0.997. The molecule has 0 bridgehead atoms. The van der Waals surface area contributed by atoms with Gasteiger partial charge in [-0.05, 0) is 18.2 Å². The summed E-state index contributed by atoms with van der Waals surface area (Å²) in [6.45, 7) is 0. The Labute approximate surface area is 143 Å². The molecule has 0 unspecified atom stereocenters. The fraction of sp³-hybridized carbons (Fsp3) is 0.154. The summed E-state index contributed by atoms with van der Waals surface area (Å²) >= 11 is 2.56. The Morgan fingerprint density at radius 3 is 3.25 bits per heavy atom. The first-order valence-electron chi connectivity index (χ1n) is 6.75. The Balaban J connectivity index is 1.41. The van der Waals surface area contributed by atoms with Crippen LogP contribution >= 0.6 is 23.1 Å². The van der Waals surface area contributed by atoms with Gasteiger partial charge in [-0.25, -0.2) is 4.98 Å². The van der Waals surface area contributed by atoms with Crippen LogP contribution in [0.15, 0.2) is 34.2 Å². The van der Waals surface area contributed by atoms with Crippen LogP contribution in [0.1, 0.15) is 0 Å². The first kappa shape index (κ1) is 14.9. The SMILES string of the molecule is COc1ccc2nc(NC(=O)CSc3nn4cnnc4o3)sc2c1. The van der Waals surface area contributed by atoms with Gasteiger partial charge in [0.2, 0.25) is 5.91 Å². The number of aromatic nitrogens is 5. The van der Waals surface area contributed by atoms with Crippen LogP contribution in [0.25, 0.3) is 16.1 Å². The molecule has 0 aliphatic carbocycles. The third-order valence-corrected chi connectivity index (χ3v) is 4.79. The molecule has 24 heavy (non-hydrogen) atoms. The Bertz CT molecular complexity index is 995. The number of hydrogen-bond donors (Lipinski definition) is 1. The highest BCUT2D eigenvalue weighted by molar-refractivity contribution is 7.99. The van der Waals surface area contributed by atoms with Crippen molar-refractivity contribution in [1.82, 2.24) is 24.8 Å². The highest BCUT2D eigenvalue weighted by Crippen LogP contribution is 2.29. The molecule has 0 aliphatic heterocycles. The van der Waals surface area contributed by atoms with E-state index in [2.05, 4.69) is 25.6 Å². The average Bonchev–Trinajstić information content (AvgIpc) is 3.25. The largest absolute Gasteiger partial charge is 0.497 e. The van der Waals surface area contributed by atoms with E-state index >= 15 is 0 Å². The normalized spacial score (nSPS) is 11.2. The lowest BCUT2D eigenvalue weighted by Gasteiger charge is -1.98. The molecule has 3 aromatic heterocycles. The lowest BCUT2D eigenvalue weighted by atomic mass is 10.3. The van der Waals surface area contributed by atoms with Crippen molar-refractivity contribution in [2.24, 2.45) is 0 Å². The number of amides is 1. The lowest BCUT2D eigenvalue weighted by molar-refractivity contribution is -0.113. The van der Waals surface area contributed by atoms with E-state index in [1.54, 1.807) is 7.11 Å². The van der Waals surface area contributed by atoms with Crippen LogP contribution in [0.4, 0.5) is 5.13 Å². The van der Waals surface area contributed by atoms with Crippen molar-refractivity contribution in [1.29, 1.82) is 0 Å². The number of thioether (sulfide) groups is 1. The van der Waals surface area contributed by atoms with Gasteiger partial charge in [0.05, 0.1) is 23.1 Å². The maximum atomic E-state index is 12.0. The number of anilines is 1. The number of hydrogen-bond acceptors (Lipinski definition) is 9. The second-order valence-corrected chi connectivity index (χ2v) is 6.57. The van der Waals surface area contributed by atoms with Gasteiger partial charge in [0.25, 0.3) is 5.22 Å². The van der Waals surface area contributed by atoms with Gasteiger partial charge in [0, 0.05) is 0 Å². The van der Waals surface area contributed by atoms with Crippen molar-refractivity contribution in [2.45, 2.75) is 5.22 Å². The van der Waals surface area contributed by atoms with Crippen molar-refractivity contribution in [3.63, 3.8) is 0 Å². The van der Waals surface area contributed by atoms with E-state index in [-0.39, 0.29) is 17.5 Å². The average molecular weight is 362 g/mol. The van der Waals surface area contributed by atoms with Crippen molar-refractivity contribution in [3.8, 4) is 5.75 Å². The Kier molecular flexibility index (Phi) is 3.78. The highest BCUT2D eigenvalue weighted by Gasteiger charge is 2.12. The minimum atomic E-state index is -0.194. The second-order valence-electron chi connectivity index (χ2n) is 4.62. The topological polar surface area (TPSA) is 107 Å². The summed E-state index contributed by atoms with van der Waals surface area (Å²) in [6, 6.07) is 5.57. The van der Waals surface area contributed by atoms with E-state index in [0.717, 1.165) is 16.0 Å². The zero-order valence-corrected chi connectivity index (χ0v) is 13.9. The Hall–Kier alpha value is -2.66. The van der Waals surface area contributed by atoms with Gasteiger partial charge in [-0.3, -0.25) is 4.79 Å². The molecule has 0 spiro atoms. The van der Waals surface area contributed by atoms with E-state index in [4.69, 9.17) is 9.15 Å². The summed E-state index contributed by atoms with van der Waals surface area (Å²) in [5.41, 5.74) is 0.810. The lowest BCUT2D eigenvalue weighted by Crippen LogP contribution is -2.13. The molecule has 0 radical (unpaired) electrons. The quantitative estimate of drug-likeness (QED) is 0.538. The van der Waals surface area contributed by atoms with E-state index in [1.165, 1.54) is 33.9 Å². The molecule has 1 aromatic carbocycles. The zero-order chi connectivity index (χ0) is 16.5. The number of nitrogens with one attached hydrogen (secondary N) is 1. The molecule has 122 valence electrons. The van der Waals surface area contributed by atoms with Crippen LogP contribution in [-0.2, 0) is 4.79 Å². The maximum Gasteiger partial charge on any atom is 0.345 e. The molecule has 4 aromatic rings. The second kappa shape index (κ2) is 6.09.